The van der Waals surface area contributed by atoms with Crippen molar-refractivity contribution in [3.05, 3.63) is 69.9 Å². The second-order valence-corrected chi connectivity index (χ2v) is 9.64. The lowest BCUT2D eigenvalue weighted by atomic mass is 9.87. The van der Waals surface area contributed by atoms with Gasteiger partial charge in [-0.1, -0.05) is 17.7 Å². The lowest BCUT2D eigenvalue weighted by molar-refractivity contribution is -0.127. The number of imide groups is 1. The van der Waals surface area contributed by atoms with E-state index < -0.39 is 24.4 Å². The van der Waals surface area contributed by atoms with Crippen LogP contribution in [0.2, 0.25) is 5.02 Å². The van der Waals surface area contributed by atoms with E-state index in [2.05, 4.69) is 55.5 Å². The maximum absolute atomic E-state index is 12.9. The van der Waals surface area contributed by atoms with Crippen LogP contribution in [0, 0.1) is 6.92 Å². The lowest BCUT2D eigenvalue weighted by Crippen LogP contribution is -2.42. The normalized spacial score (nSPS) is 18.1. The summed E-state index contributed by atoms with van der Waals surface area (Å²) >= 11 is 5.85. The minimum absolute atomic E-state index is 0.105. The molecule has 0 spiro atoms. The largest absolute Gasteiger partial charge is 0.365 e. The van der Waals surface area contributed by atoms with E-state index >= 15 is 0 Å². The molecule has 8 heteroatoms. The summed E-state index contributed by atoms with van der Waals surface area (Å²) < 4.78 is 0. The number of rotatable bonds is 4. The number of carbonyl (C=O) groups is 3. The van der Waals surface area contributed by atoms with Crippen LogP contribution in [0.3, 0.4) is 0 Å². The van der Waals surface area contributed by atoms with Crippen LogP contribution in [0.4, 0.5) is 16.2 Å². The Hall–Kier alpha value is -3.58. The molecule has 4 amide bonds. The molecule has 1 saturated heterocycles. The number of allylic oxidation sites excluding steroid dienone is 1. The fraction of sp³-hybridized carbons (Fsp3) is 0.269. The van der Waals surface area contributed by atoms with E-state index in [4.69, 9.17) is 11.6 Å². The molecule has 0 aromatic heterocycles. The molecule has 2 N–H and O–H groups in total. The van der Waals surface area contributed by atoms with Gasteiger partial charge in [0.05, 0.1) is 5.54 Å². The molecule has 1 fully saturated rings. The molecule has 2 aromatic rings. The van der Waals surface area contributed by atoms with Gasteiger partial charge in [-0.05, 0) is 86.9 Å². The molecule has 34 heavy (non-hydrogen) atoms. The Labute approximate surface area is 204 Å². The lowest BCUT2D eigenvalue weighted by Gasteiger charge is -2.41. The van der Waals surface area contributed by atoms with Gasteiger partial charge in [-0.15, -0.1) is 0 Å². The summed E-state index contributed by atoms with van der Waals surface area (Å²) in [5.74, 6) is -1.03. The highest BCUT2D eigenvalue weighted by molar-refractivity contribution is 6.30. The Bertz CT molecular complexity index is 1260. The van der Waals surface area contributed by atoms with Crippen molar-refractivity contribution in [2.75, 3.05) is 23.8 Å². The second kappa shape index (κ2) is 8.65. The molecule has 0 unspecified atom stereocenters. The van der Waals surface area contributed by atoms with Gasteiger partial charge >= 0.3 is 6.03 Å². The number of nitrogens with one attached hydrogen (secondary N) is 2. The van der Waals surface area contributed by atoms with Crippen LogP contribution in [0.15, 0.2) is 48.2 Å². The van der Waals surface area contributed by atoms with Crippen LogP contribution in [0.5, 0.6) is 0 Å². The number of carbonyl (C=O) groups excluding carboxylic acids is 3. The highest BCUT2D eigenvalue weighted by atomic mass is 35.5. The van der Waals surface area contributed by atoms with E-state index in [1.807, 2.05) is 13.0 Å². The summed E-state index contributed by atoms with van der Waals surface area (Å²) in [5, 5.41) is 5.80. The van der Waals surface area contributed by atoms with Gasteiger partial charge in [0.15, 0.2) is 0 Å². The first-order chi connectivity index (χ1) is 16.0. The Balaban J connectivity index is 1.55. The third-order valence-electron chi connectivity index (χ3n) is 6.30. The molecule has 7 nitrogen and oxygen atoms in total. The molecule has 2 heterocycles. The van der Waals surface area contributed by atoms with Gasteiger partial charge in [-0.25, -0.2) is 9.69 Å². The summed E-state index contributed by atoms with van der Waals surface area (Å²) in [5.41, 5.74) is 5.71. The average molecular weight is 479 g/mol. The van der Waals surface area contributed by atoms with Gasteiger partial charge in [0.2, 0.25) is 5.91 Å². The molecule has 0 aliphatic carbocycles. The number of amides is 4. The Morgan fingerprint density at radius 3 is 2.50 bits per heavy atom. The zero-order valence-electron chi connectivity index (χ0n) is 19.8. The first-order valence-corrected chi connectivity index (χ1v) is 11.3. The van der Waals surface area contributed by atoms with Crippen LogP contribution >= 0.6 is 11.6 Å². The number of hydrogen-bond donors (Lipinski definition) is 2. The molecular formula is C26H27ClN4O3. The van der Waals surface area contributed by atoms with Crippen LogP contribution in [-0.2, 0) is 9.59 Å². The van der Waals surface area contributed by atoms with Gasteiger partial charge < -0.3 is 15.5 Å². The van der Waals surface area contributed by atoms with E-state index in [0.717, 1.165) is 32.9 Å². The number of likely N-dealkylation sites (N-methyl/N-ethyl adjacent to an activating group) is 1. The number of urea groups is 1. The molecule has 0 saturated carbocycles. The fourth-order valence-electron chi connectivity index (χ4n) is 4.22. The van der Waals surface area contributed by atoms with Crippen molar-refractivity contribution in [3.8, 4) is 0 Å². The van der Waals surface area contributed by atoms with E-state index in [-0.39, 0.29) is 11.2 Å². The van der Waals surface area contributed by atoms with Crippen molar-refractivity contribution < 1.29 is 14.4 Å². The highest BCUT2D eigenvalue weighted by Crippen LogP contribution is 2.39. The van der Waals surface area contributed by atoms with Crippen molar-refractivity contribution >= 4 is 52.5 Å². The van der Waals surface area contributed by atoms with Crippen LogP contribution < -0.4 is 15.5 Å². The van der Waals surface area contributed by atoms with Crippen molar-refractivity contribution in [2.24, 2.45) is 0 Å². The number of fused-ring (bicyclic) bond motifs is 1. The number of nitrogens with zero attached hydrogens (tertiary/aromatic N) is 2. The van der Waals surface area contributed by atoms with Crippen molar-refractivity contribution in [1.82, 2.24) is 10.2 Å². The fourth-order valence-corrected chi connectivity index (χ4v) is 4.35. The van der Waals surface area contributed by atoms with Gasteiger partial charge in [0.1, 0.15) is 12.2 Å². The van der Waals surface area contributed by atoms with Crippen LogP contribution in [-0.4, -0.2) is 41.9 Å². The first kappa shape index (κ1) is 23.6. The maximum atomic E-state index is 12.9. The average Bonchev–Trinajstić information content (AvgIpc) is 3.02. The molecular weight excluding hydrogens is 452 g/mol. The third kappa shape index (κ3) is 4.43. The van der Waals surface area contributed by atoms with Crippen molar-refractivity contribution in [2.45, 2.75) is 33.2 Å². The second-order valence-electron chi connectivity index (χ2n) is 9.20. The van der Waals surface area contributed by atoms with Gasteiger partial charge in [-0.3, -0.25) is 9.59 Å². The minimum Gasteiger partial charge on any atom is -0.365 e. The molecule has 0 atom stereocenters. The van der Waals surface area contributed by atoms with Gasteiger partial charge in [0.25, 0.3) is 5.91 Å². The summed E-state index contributed by atoms with van der Waals surface area (Å²) in [6, 6.07) is 10.1. The monoisotopic (exact) mass is 478 g/mol. The molecule has 0 radical (unpaired) electrons. The maximum Gasteiger partial charge on any atom is 0.329 e. The van der Waals surface area contributed by atoms with Crippen molar-refractivity contribution in [3.63, 3.8) is 0 Å². The summed E-state index contributed by atoms with van der Waals surface area (Å²) in [4.78, 5) is 40.9. The molecule has 2 aliphatic rings. The predicted octanol–water partition coefficient (Wildman–Crippen LogP) is 4.81. The Morgan fingerprint density at radius 1 is 1.15 bits per heavy atom. The molecule has 4 rings (SSSR count). The smallest absolute Gasteiger partial charge is 0.329 e. The van der Waals surface area contributed by atoms with Crippen LogP contribution in [0.25, 0.3) is 11.6 Å². The predicted molar refractivity (Wildman–Crippen MR) is 136 cm³/mol. The molecule has 0 bridgehead atoms. The van der Waals surface area contributed by atoms with Gasteiger partial charge in [0, 0.05) is 29.0 Å². The number of anilines is 2. The number of hydrogen-bond acceptors (Lipinski definition) is 4. The van der Waals surface area contributed by atoms with E-state index in [9.17, 15) is 14.4 Å². The first-order valence-electron chi connectivity index (χ1n) is 10.9. The third-order valence-corrected chi connectivity index (χ3v) is 6.55. The standard InChI is InChI=1S/C26H27ClN4O3/c1-15-10-22-20(16(2)13-26(3,4)30(22)5)11-17(15)12-21-24(33)31(25(34)29-21)14-23(32)28-19-8-6-18(27)7-9-19/h6-13H,14H2,1-5H3,(H,28,32)(H,29,34)/b21-12-. The molecule has 2 aromatic carbocycles. The van der Waals surface area contributed by atoms with Crippen LogP contribution in [0.1, 0.15) is 37.5 Å². The van der Waals surface area contributed by atoms with Gasteiger partial charge in [-0.2, -0.15) is 0 Å². The summed E-state index contributed by atoms with van der Waals surface area (Å²) in [6.07, 6.45) is 3.88. The summed E-state index contributed by atoms with van der Waals surface area (Å²) in [6.45, 7) is 7.97. The SMILES string of the molecule is CC1=CC(C)(C)N(C)c2cc(C)c(/C=C3\NC(=O)N(CC(=O)Nc4ccc(Cl)cc4)C3=O)cc21. The number of aryl methyl sites for hydroxylation is 1. The number of benzene rings is 2. The Kier molecular flexibility index (Phi) is 6.00. The van der Waals surface area contributed by atoms with E-state index in [1.165, 1.54) is 0 Å². The van der Waals surface area contributed by atoms with E-state index in [1.54, 1.807) is 30.3 Å². The van der Waals surface area contributed by atoms with Crippen molar-refractivity contribution in [1.29, 1.82) is 0 Å². The number of halogens is 1. The zero-order valence-corrected chi connectivity index (χ0v) is 20.6. The minimum atomic E-state index is -0.629. The molecule has 176 valence electrons. The Morgan fingerprint density at radius 2 is 1.82 bits per heavy atom. The highest BCUT2D eigenvalue weighted by Gasteiger charge is 2.35. The van der Waals surface area contributed by atoms with E-state index in [0.29, 0.717) is 10.7 Å². The summed E-state index contributed by atoms with van der Waals surface area (Å²) in [7, 11) is 2.06. The quantitative estimate of drug-likeness (QED) is 0.488. The topological polar surface area (TPSA) is 81.8 Å². The molecule has 2 aliphatic heterocycles. The zero-order chi connectivity index (χ0) is 24.8.